The predicted octanol–water partition coefficient (Wildman–Crippen LogP) is 1.22. The van der Waals surface area contributed by atoms with E-state index in [0.717, 1.165) is 45.6 Å². The van der Waals surface area contributed by atoms with Crippen LogP contribution in [-0.4, -0.2) is 48.7 Å². The predicted molar refractivity (Wildman–Crippen MR) is 71.0 cm³/mol. The van der Waals surface area contributed by atoms with Gasteiger partial charge < -0.3 is 15.3 Å². The molecule has 2 N–H and O–H groups in total. The van der Waals surface area contributed by atoms with E-state index in [4.69, 9.17) is 5.11 Å². The van der Waals surface area contributed by atoms with Crippen molar-refractivity contribution >= 4 is 5.97 Å². The van der Waals surface area contributed by atoms with Gasteiger partial charge in [-0.15, -0.1) is 0 Å². The molecule has 0 aromatic heterocycles. The van der Waals surface area contributed by atoms with Crippen molar-refractivity contribution in [2.45, 2.75) is 12.8 Å². The highest BCUT2D eigenvalue weighted by atomic mass is 16.4. The summed E-state index contributed by atoms with van der Waals surface area (Å²) in [5.41, 5.74) is 1.58. The Morgan fingerprint density at radius 3 is 2.50 bits per heavy atom. The Morgan fingerprint density at radius 1 is 1.22 bits per heavy atom. The highest BCUT2D eigenvalue weighted by Crippen LogP contribution is 2.07. The lowest BCUT2D eigenvalue weighted by molar-refractivity contribution is 0.0697. The fourth-order valence-corrected chi connectivity index (χ4v) is 2.26. The zero-order chi connectivity index (χ0) is 12.8. The molecule has 1 fully saturated rings. The molecule has 0 spiro atoms. The molecule has 1 heterocycles. The van der Waals surface area contributed by atoms with Crippen molar-refractivity contribution < 1.29 is 9.90 Å². The third-order valence-corrected chi connectivity index (χ3v) is 3.35. The first-order chi connectivity index (χ1) is 8.75. The summed E-state index contributed by atoms with van der Waals surface area (Å²) in [6, 6.07) is 7.20. The van der Waals surface area contributed by atoms with Gasteiger partial charge in [0, 0.05) is 26.2 Å². The molecule has 0 amide bonds. The molecule has 0 aliphatic carbocycles. The SMILES string of the molecule is O=C(O)c1ccc(CCCN2CCNCC2)cc1. The van der Waals surface area contributed by atoms with Crippen LogP contribution in [0.5, 0.6) is 0 Å². The molecule has 1 saturated heterocycles. The number of nitrogens with zero attached hydrogens (tertiary/aromatic N) is 1. The van der Waals surface area contributed by atoms with Crippen molar-refractivity contribution in [1.29, 1.82) is 0 Å². The highest BCUT2D eigenvalue weighted by molar-refractivity contribution is 5.87. The van der Waals surface area contributed by atoms with Crippen molar-refractivity contribution in [2.75, 3.05) is 32.7 Å². The maximum absolute atomic E-state index is 10.7. The maximum atomic E-state index is 10.7. The first-order valence-corrected chi connectivity index (χ1v) is 6.51. The van der Waals surface area contributed by atoms with Gasteiger partial charge >= 0.3 is 5.97 Å². The Balaban J connectivity index is 1.74. The van der Waals surface area contributed by atoms with Crippen LogP contribution in [0.1, 0.15) is 22.3 Å². The maximum Gasteiger partial charge on any atom is 0.335 e. The second-order valence-corrected chi connectivity index (χ2v) is 4.70. The summed E-state index contributed by atoms with van der Waals surface area (Å²) < 4.78 is 0. The fourth-order valence-electron chi connectivity index (χ4n) is 2.26. The van der Waals surface area contributed by atoms with Crippen molar-refractivity contribution in [3.8, 4) is 0 Å². The minimum atomic E-state index is -0.859. The lowest BCUT2D eigenvalue weighted by atomic mass is 10.1. The van der Waals surface area contributed by atoms with Crippen molar-refractivity contribution in [3.63, 3.8) is 0 Å². The molecule has 1 aliphatic heterocycles. The van der Waals surface area contributed by atoms with E-state index in [9.17, 15) is 4.79 Å². The number of hydrogen-bond donors (Lipinski definition) is 2. The second-order valence-electron chi connectivity index (χ2n) is 4.70. The summed E-state index contributed by atoms with van der Waals surface area (Å²) in [5, 5.41) is 12.2. The van der Waals surface area contributed by atoms with Gasteiger partial charge in [-0.25, -0.2) is 4.79 Å². The summed E-state index contributed by atoms with van der Waals surface area (Å²) in [6.45, 7) is 5.58. The average molecular weight is 248 g/mol. The normalized spacial score (nSPS) is 16.7. The van der Waals surface area contributed by atoms with Crippen LogP contribution < -0.4 is 5.32 Å². The van der Waals surface area contributed by atoms with E-state index in [0.29, 0.717) is 5.56 Å². The first-order valence-electron chi connectivity index (χ1n) is 6.51. The van der Waals surface area contributed by atoms with E-state index in [1.54, 1.807) is 12.1 Å². The number of piperazine rings is 1. The monoisotopic (exact) mass is 248 g/mol. The summed E-state index contributed by atoms with van der Waals surface area (Å²) >= 11 is 0. The molecule has 0 bridgehead atoms. The van der Waals surface area contributed by atoms with Gasteiger partial charge in [-0.05, 0) is 37.1 Å². The van der Waals surface area contributed by atoms with E-state index in [-0.39, 0.29) is 0 Å². The van der Waals surface area contributed by atoms with Gasteiger partial charge in [0.1, 0.15) is 0 Å². The van der Waals surface area contributed by atoms with Gasteiger partial charge in [0.25, 0.3) is 0 Å². The first kappa shape index (κ1) is 13.1. The Kier molecular flexibility index (Phi) is 4.73. The van der Waals surface area contributed by atoms with Crippen molar-refractivity contribution in [2.24, 2.45) is 0 Å². The van der Waals surface area contributed by atoms with Gasteiger partial charge in [-0.2, -0.15) is 0 Å². The van der Waals surface area contributed by atoms with Crippen LogP contribution in [0.2, 0.25) is 0 Å². The standard InChI is InChI=1S/C14H20N2O2/c17-14(18)13-5-3-12(4-6-13)2-1-9-16-10-7-15-8-11-16/h3-6,15H,1-2,7-11H2,(H,17,18). The van der Waals surface area contributed by atoms with Crippen LogP contribution in [0, 0.1) is 0 Å². The summed E-state index contributed by atoms with van der Waals surface area (Å²) in [4.78, 5) is 13.2. The third-order valence-electron chi connectivity index (χ3n) is 3.35. The van der Waals surface area contributed by atoms with E-state index >= 15 is 0 Å². The second kappa shape index (κ2) is 6.52. The number of rotatable bonds is 5. The lowest BCUT2D eigenvalue weighted by Gasteiger charge is -2.27. The lowest BCUT2D eigenvalue weighted by Crippen LogP contribution is -2.43. The molecule has 1 aliphatic rings. The Labute approximate surface area is 108 Å². The van der Waals surface area contributed by atoms with Gasteiger partial charge in [0.2, 0.25) is 0 Å². The molecule has 0 saturated carbocycles. The van der Waals surface area contributed by atoms with Crippen molar-refractivity contribution in [1.82, 2.24) is 10.2 Å². The number of benzene rings is 1. The van der Waals surface area contributed by atoms with Crippen LogP contribution in [0.15, 0.2) is 24.3 Å². The van der Waals surface area contributed by atoms with Crippen LogP contribution in [0.25, 0.3) is 0 Å². The van der Waals surface area contributed by atoms with Crippen LogP contribution in [-0.2, 0) is 6.42 Å². The molecule has 0 radical (unpaired) electrons. The van der Waals surface area contributed by atoms with Gasteiger partial charge in [0.15, 0.2) is 0 Å². The number of hydrogen-bond acceptors (Lipinski definition) is 3. The van der Waals surface area contributed by atoms with E-state index < -0.39 is 5.97 Å². The van der Waals surface area contributed by atoms with E-state index in [2.05, 4.69) is 10.2 Å². The van der Waals surface area contributed by atoms with Gasteiger partial charge in [-0.3, -0.25) is 0 Å². The minimum absolute atomic E-state index is 0.362. The molecule has 18 heavy (non-hydrogen) atoms. The molecular weight excluding hydrogens is 228 g/mol. The molecule has 4 heteroatoms. The number of carboxylic acids is 1. The van der Waals surface area contributed by atoms with E-state index in [1.807, 2.05) is 12.1 Å². The molecule has 2 rings (SSSR count). The van der Waals surface area contributed by atoms with E-state index in [1.165, 1.54) is 5.56 Å². The number of nitrogens with one attached hydrogen (secondary N) is 1. The zero-order valence-corrected chi connectivity index (χ0v) is 10.6. The third kappa shape index (κ3) is 3.82. The summed E-state index contributed by atoms with van der Waals surface area (Å²) in [7, 11) is 0. The van der Waals surface area contributed by atoms with Crippen LogP contribution in [0.3, 0.4) is 0 Å². The number of carboxylic acid groups (broad SMARTS) is 1. The van der Waals surface area contributed by atoms with Crippen molar-refractivity contribution in [3.05, 3.63) is 35.4 Å². The summed E-state index contributed by atoms with van der Waals surface area (Å²) in [5.74, 6) is -0.859. The van der Waals surface area contributed by atoms with Gasteiger partial charge in [0.05, 0.1) is 5.56 Å². The molecule has 4 nitrogen and oxygen atoms in total. The fraction of sp³-hybridized carbons (Fsp3) is 0.500. The molecule has 0 atom stereocenters. The quantitative estimate of drug-likeness (QED) is 0.822. The largest absolute Gasteiger partial charge is 0.478 e. The molecule has 98 valence electrons. The molecular formula is C14H20N2O2. The van der Waals surface area contributed by atoms with Crippen LogP contribution >= 0.6 is 0 Å². The zero-order valence-electron chi connectivity index (χ0n) is 10.6. The summed E-state index contributed by atoms with van der Waals surface area (Å²) in [6.07, 6.45) is 2.15. The van der Waals surface area contributed by atoms with Gasteiger partial charge in [-0.1, -0.05) is 12.1 Å². The van der Waals surface area contributed by atoms with Crippen LogP contribution in [0.4, 0.5) is 0 Å². The topological polar surface area (TPSA) is 52.6 Å². The Morgan fingerprint density at radius 2 is 1.89 bits per heavy atom. The average Bonchev–Trinajstić information content (AvgIpc) is 2.40. The Hall–Kier alpha value is -1.39. The molecule has 1 aromatic carbocycles. The highest BCUT2D eigenvalue weighted by Gasteiger charge is 2.08. The molecule has 1 aromatic rings. The number of aromatic carboxylic acids is 1. The number of carbonyl (C=O) groups is 1. The molecule has 0 unspecified atom stereocenters. The minimum Gasteiger partial charge on any atom is -0.478 e. The Bertz CT molecular complexity index is 383. The number of aryl methyl sites for hydroxylation is 1. The smallest absolute Gasteiger partial charge is 0.335 e.